The summed E-state index contributed by atoms with van der Waals surface area (Å²) in [5, 5.41) is 2.98. The molecule has 0 saturated heterocycles. The van der Waals surface area contributed by atoms with Crippen LogP contribution in [0.3, 0.4) is 0 Å². The Balaban J connectivity index is 1.70. The summed E-state index contributed by atoms with van der Waals surface area (Å²) in [5.74, 6) is 1.39. The quantitative estimate of drug-likeness (QED) is 0.715. The summed E-state index contributed by atoms with van der Waals surface area (Å²) in [5.41, 5.74) is 2.05. The molecular weight excluding hydrogens is 314 g/mol. The number of nitrogens with zero attached hydrogens (tertiary/aromatic N) is 2. The van der Waals surface area contributed by atoms with E-state index in [-0.39, 0.29) is 18.6 Å². The minimum Gasteiger partial charge on any atom is -0.484 e. The van der Waals surface area contributed by atoms with E-state index in [9.17, 15) is 4.79 Å². The largest absolute Gasteiger partial charge is 0.484 e. The highest BCUT2D eigenvalue weighted by Gasteiger charge is 2.18. The number of benzene rings is 2. The molecule has 0 radical (unpaired) electrons. The van der Waals surface area contributed by atoms with Crippen LogP contribution >= 0.6 is 0 Å². The van der Waals surface area contributed by atoms with Crippen molar-refractivity contribution in [3.8, 4) is 5.75 Å². The Bertz CT molecular complexity index is 843. The summed E-state index contributed by atoms with van der Waals surface area (Å²) < 4.78 is 7.68. The van der Waals surface area contributed by atoms with E-state index >= 15 is 0 Å². The molecule has 0 bridgehead atoms. The molecule has 2 aromatic carbocycles. The Labute approximate surface area is 147 Å². The van der Waals surface area contributed by atoms with Crippen molar-refractivity contribution in [1.29, 1.82) is 0 Å². The fourth-order valence-electron chi connectivity index (χ4n) is 2.90. The molecule has 0 aliphatic rings. The topological polar surface area (TPSA) is 56.2 Å². The maximum atomic E-state index is 12.2. The van der Waals surface area contributed by atoms with E-state index in [0.717, 1.165) is 29.8 Å². The summed E-state index contributed by atoms with van der Waals surface area (Å²) in [6.07, 6.45) is 1.01. The highest BCUT2D eigenvalue weighted by atomic mass is 16.5. The molecule has 5 heteroatoms. The lowest BCUT2D eigenvalue weighted by molar-refractivity contribution is -0.123. The van der Waals surface area contributed by atoms with Gasteiger partial charge in [-0.05, 0) is 37.6 Å². The highest BCUT2D eigenvalue weighted by Crippen LogP contribution is 2.21. The molecule has 0 unspecified atom stereocenters. The van der Waals surface area contributed by atoms with Crippen LogP contribution in [0.1, 0.15) is 32.1 Å². The van der Waals surface area contributed by atoms with E-state index in [2.05, 4.69) is 22.9 Å². The molecule has 1 amide bonds. The standard InChI is InChI=1S/C20H23N3O2/c1-3-13-23-18-12-8-7-11-17(18)22-20(23)15(2)21-19(24)14-25-16-9-5-4-6-10-16/h4-12,15H,3,13-14H2,1-2H3,(H,21,24)/t15-/m0/s1. The summed E-state index contributed by atoms with van der Waals surface area (Å²) in [7, 11) is 0. The van der Waals surface area contributed by atoms with E-state index in [1.165, 1.54) is 0 Å². The van der Waals surface area contributed by atoms with Gasteiger partial charge in [-0.25, -0.2) is 4.98 Å². The number of hydrogen-bond donors (Lipinski definition) is 1. The minimum atomic E-state index is -0.189. The molecule has 25 heavy (non-hydrogen) atoms. The second-order valence-corrected chi connectivity index (χ2v) is 6.00. The normalized spacial score (nSPS) is 12.1. The Hall–Kier alpha value is -2.82. The van der Waals surface area contributed by atoms with Crippen LogP contribution in [0.25, 0.3) is 11.0 Å². The fraction of sp³-hybridized carbons (Fsp3) is 0.300. The Morgan fingerprint density at radius 2 is 1.88 bits per heavy atom. The number of nitrogens with one attached hydrogen (secondary N) is 1. The van der Waals surface area contributed by atoms with Crippen LogP contribution in [0.4, 0.5) is 0 Å². The van der Waals surface area contributed by atoms with Gasteiger partial charge in [-0.3, -0.25) is 4.79 Å². The van der Waals surface area contributed by atoms with Gasteiger partial charge in [0.1, 0.15) is 11.6 Å². The highest BCUT2D eigenvalue weighted by molar-refractivity contribution is 5.79. The van der Waals surface area contributed by atoms with Crippen LogP contribution in [-0.4, -0.2) is 22.1 Å². The molecule has 0 fully saturated rings. The van der Waals surface area contributed by atoms with E-state index in [4.69, 9.17) is 9.72 Å². The van der Waals surface area contributed by atoms with E-state index in [0.29, 0.717) is 5.75 Å². The maximum absolute atomic E-state index is 12.2. The number of hydrogen-bond acceptors (Lipinski definition) is 3. The maximum Gasteiger partial charge on any atom is 0.258 e. The number of ether oxygens (including phenoxy) is 1. The van der Waals surface area contributed by atoms with Gasteiger partial charge >= 0.3 is 0 Å². The zero-order chi connectivity index (χ0) is 17.6. The van der Waals surface area contributed by atoms with Gasteiger partial charge in [0.25, 0.3) is 5.91 Å². The fourth-order valence-corrected chi connectivity index (χ4v) is 2.90. The Morgan fingerprint density at radius 3 is 2.64 bits per heavy atom. The molecule has 3 aromatic rings. The third-order valence-electron chi connectivity index (χ3n) is 4.01. The smallest absolute Gasteiger partial charge is 0.258 e. The van der Waals surface area contributed by atoms with Gasteiger partial charge in [-0.1, -0.05) is 37.3 Å². The molecule has 1 atom stereocenters. The molecule has 0 aliphatic heterocycles. The predicted octanol–water partition coefficient (Wildman–Crippen LogP) is 3.70. The van der Waals surface area contributed by atoms with E-state index < -0.39 is 0 Å². The molecule has 0 aliphatic carbocycles. The van der Waals surface area contributed by atoms with Gasteiger partial charge in [0.2, 0.25) is 0 Å². The molecule has 3 rings (SSSR count). The second kappa shape index (κ2) is 7.83. The first-order valence-electron chi connectivity index (χ1n) is 8.61. The zero-order valence-electron chi connectivity index (χ0n) is 14.6. The Morgan fingerprint density at radius 1 is 1.16 bits per heavy atom. The van der Waals surface area contributed by atoms with Crippen molar-refractivity contribution in [2.45, 2.75) is 32.9 Å². The molecule has 0 spiro atoms. The van der Waals surface area contributed by atoms with Gasteiger partial charge in [-0.2, -0.15) is 0 Å². The van der Waals surface area contributed by atoms with Gasteiger partial charge in [0.05, 0.1) is 17.1 Å². The lowest BCUT2D eigenvalue weighted by Gasteiger charge is -2.16. The number of imidazole rings is 1. The van der Waals surface area contributed by atoms with Crippen molar-refractivity contribution in [3.63, 3.8) is 0 Å². The van der Waals surface area contributed by atoms with Crippen LogP contribution in [-0.2, 0) is 11.3 Å². The van der Waals surface area contributed by atoms with Gasteiger partial charge in [-0.15, -0.1) is 0 Å². The van der Waals surface area contributed by atoms with Crippen LogP contribution in [0, 0.1) is 0 Å². The molecule has 130 valence electrons. The summed E-state index contributed by atoms with van der Waals surface area (Å²) >= 11 is 0. The second-order valence-electron chi connectivity index (χ2n) is 6.00. The first-order valence-corrected chi connectivity index (χ1v) is 8.61. The average molecular weight is 337 g/mol. The van der Waals surface area contributed by atoms with E-state index in [1.807, 2.05) is 55.5 Å². The third kappa shape index (κ3) is 3.99. The first-order chi connectivity index (χ1) is 12.2. The molecule has 0 saturated carbocycles. The summed E-state index contributed by atoms with van der Waals surface area (Å²) in [6, 6.07) is 17.2. The summed E-state index contributed by atoms with van der Waals surface area (Å²) in [4.78, 5) is 16.9. The van der Waals surface area contributed by atoms with Crippen molar-refractivity contribution >= 4 is 16.9 Å². The minimum absolute atomic E-state index is 0.0115. The number of amides is 1. The van der Waals surface area contributed by atoms with Crippen LogP contribution in [0.2, 0.25) is 0 Å². The lowest BCUT2D eigenvalue weighted by Crippen LogP contribution is -2.32. The number of aromatic nitrogens is 2. The van der Waals surface area contributed by atoms with Gasteiger partial charge < -0.3 is 14.6 Å². The molecule has 5 nitrogen and oxygen atoms in total. The zero-order valence-corrected chi connectivity index (χ0v) is 14.6. The number of carbonyl (C=O) groups is 1. The first kappa shape index (κ1) is 17.0. The SMILES string of the molecule is CCCn1c([C@H](C)NC(=O)COc2ccccc2)nc2ccccc21. The molecule has 1 N–H and O–H groups in total. The monoisotopic (exact) mass is 337 g/mol. The molecule has 1 heterocycles. The Kier molecular flexibility index (Phi) is 5.33. The third-order valence-corrected chi connectivity index (χ3v) is 4.01. The van der Waals surface area contributed by atoms with E-state index in [1.54, 1.807) is 0 Å². The van der Waals surface area contributed by atoms with Crippen molar-refractivity contribution in [2.24, 2.45) is 0 Å². The number of carbonyl (C=O) groups excluding carboxylic acids is 1. The lowest BCUT2D eigenvalue weighted by atomic mass is 10.3. The number of aryl methyl sites for hydroxylation is 1. The van der Waals surface area contributed by atoms with Crippen molar-refractivity contribution in [1.82, 2.24) is 14.9 Å². The molecule has 1 aromatic heterocycles. The van der Waals surface area contributed by atoms with Crippen molar-refractivity contribution < 1.29 is 9.53 Å². The van der Waals surface area contributed by atoms with Crippen molar-refractivity contribution in [3.05, 3.63) is 60.4 Å². The predicted molar refractivity (Wildman–Crippen MR) is 98.5 cm³/mol. The van der Waals surface area contributed by atoms with Gasteiger partial charge in [0.15, 0.2) is 6.61 Å². The average Bonchev–Trinajstić information content (AvgIpc) is 3.00. The van der Waals surface area contributed by atoms with Crippen LogP contribution in [0.5, 0.6) is 5.75 Å². The molecular formula is C20H23N3O2. The number of rotatable bonds is 7. The van der Waals surface area contributed by atoms with Gasteiger partial charge in [0, 0.05) is 6.54 Å². The number of fused-ring (bicyclic) bond motifs is 1. The van der Waals surface area contributed by atoms with Crippen molar-refractivity contribution in [2.75, 3.05) is 6.61 Å². The summed E-state index contributed by atoms with van der Waals surface area (Å²) in [6.45, 7) is 4.95. The van der Waals surface area contributed by atoms with Crippen LogP contribution in [0.15, 0.2) is 54.6 Å². The number of para-hydroxylation sites is 3. The van der Waals surface area contributed by atoms with Crippen LogP contribution < -0.4 is 10.1 Å².